The molecule has 0 unspecified atom stereocenters. The highest BCUT2D eigenvalue weighted by atomic mass is 16.5. The fraction of sp³-hybridized carbons (Fsp3) is 0.400. The lowest BCUT2D eigenvalue weighted by atomic mass is 10.0. The first-order chi connectivity index (χ1) is 6.56. The SMILES string of the molecule is COc1ccc(N)cc1[C@H](N)[C@@H](C)O. The molecule has 0 radical (unpaired) electrons. The summed E-state index contributed by atoms with van der Waals surface area (Å²) in [5.74, 6) is 0.646. The van der Waals surface area contributed by atoms with Crippen LogP contribution in [0.5, 0.6) is 5.75 Å². The molecule has 14 heavy (non-hydrogen) atoms. The molecule has 0 heterocycles. The largest absolute Gasteiger partial charge is 0.496 e. The molecule has 5 N–H and O–H groups in total. The lowest BCUT2D eigenvalue weighted by Gasteiger charge is -2.18. The number of aliphatic hydroxyl groups excluding tert-OH is 1. The maximum atomic E-state index is 9.36. The van der Waals surface area contributed by atoms with Gasteiger partial charge in [-0.05, 0) is 25.1 Å². The zero-order valence-corrected chi connectivity index (χ0v) is 8.40. The Hall–Kier alpha value is -1.26. The minimum atomic E-state index is -0.634. The zero-order chi connectivity index (χ0) is 10.7. The van der Waals surface area contributed by atoms with E-state index in [1.165, 1.54) is 0 Å². The number of nitrogens with two attached hydrogens (primary N) is 2. The highest BCUT2D eigenvalue weighted by Crippen LogP contribution is 2.27. The molecule has 0 saturated carbocycles. The number of aliphatic hydroxyl groups is 1. The van der Waals surface area contributed by atoms with Gasteiger partial charge in [-0.3, -0.25) is 0 Å². The van der Waals surface area contributed by atoms with Crippen molar-refractivity contribution in [2.24, 2.45) is 5.73 Å². The lowest BCUT2D eigenvalue weighted by Crippen LogP contribution is -2.23. The van der Waals surface area contributed by atoms with Crippen molar-refractivity contribution in [2.75, 3.05) is 12.8 Å². The second kappa shape index (κ2) is 4.30. The molecular formula is C10H16N2O2. The van der Waals surface area contributed by atoms with Crippen molar-refractivity contribution in [1.29, 1.82) is 0 Å². The molecule has 0 saturated heterocycles. The van der Waals surface area contributed by atoms with E-state index in [0.717, 1.165) is 5.56 Å². The van der Waals surface area contributed by atoms with Crippen LogP contribution >= 0.6 is 0 Å². The van der Waals surface area contributed by atoms with Crippen molar-refractivity contribution in [3.8, 4) is 5.75 Å². The van der Waals surface area contributed by atoms with Gasteiger partial charge in [0, 0.05) is 11.3 Å². The molecule has 0 bridgehead atoms. The van der Waals surface area contributed by atoms with Gasteiger partial charge in [0.1, 0.15) is 5.75 Å². The van der Waals surface area contributed by atoms with E-state index in [4.69, 9.17) is 16.2 Å². The number of hydrogen-bond acceptors (Lipinski definition) is 4. The quantitative estimate of drug-likeness (QED) is 0.620. The average Bonchev–Trinajstić information content (AvgIpc) is 2.16. The lowest BCUT2D eigenvalue weighted by molar-refractivity contribution is 0.162. The summed E-state index contributed by atoms with van der Waals surface area (Å²) in [6, 6.07) is 4.72. The molecule has 4 heteroatoms. The number of nitrogen functional groups attached to an aromatic ring is 1. The van der Waals surface area contributed by atoms with Gasteiger partial charge in [0.2, 0.25) is 0 Å². The first-order valence-electron chi connectivity index (χ1n) is 4.43. The average molecular weight is 196 g/mol. The molecule has 4 nitrogen and oxygen atoms in total. The molecule has 0 amide bonds. The molecule has 0 spiro atoms. The number of anilines is 1. The fourth-order valence-electron chi connectivity index (χ4n) is 1.27. The third kappa shape index (κ3) is 2.16. The standard InChI is InChI=1S/C10H16N2O2/c1-6(13)10(12)8-5-7(11)3-4-9(8)14-2/h3-6,10,13H,11-12H2,1-2H3/t6-,10-/m1/s1. The topological polar surface area (TPSA) is 81.5 Å². The van der Waals surface area contributed by atoms with Crippen LogP contribution in [0.1, 0.15) is 18.5 Å². The predicted octanol–water partition coefficient (Wildman–Crippen LogP) is 0.658. The van der Waals surface area contributed by atoms with Crippen LogP contribution in [0.2, 0.25) is 0 Å². The number of hydrogen-bond donors (Lipinski definition) is 3. The Balaban J connectivity index is 3.10. The van der Waals surface area contributed by atoms with Crippen LogP contribution in [0.15, 0.2) is 18.2 Å². The summed E-state index contributed by atoms with van der Waals surface area (Å²) >= 11 is 0. The molecule has 1 aromatic rings. The Kier molecular flexibility index (Phi) is 3.33. The van der Waals surface area contributed by atoms with E-state index < -0.39 is 12.1 Å². The summed E-state index contributed by atoms with van der Waals surface area (Å²) < 4.78 is 5.12. The molecule has 1 rings (SSSR count). The number of rotatable bonds is 3. The van der Waals surface area contributed by atoms with E-state index in [2.05, 4.69) is 0 Å². The summed E-state index contributed by atoms with van der Waals surface area (Å²) in [6.45, 7) is 1.63. The third-order valence-corrected chi connectivity index (χ3v) is 2.13. The summed E-state index contributed by atoms with van der Waals surface area (Å²) in [5, 5.41) is 9.36. The zero-order valence-electron chi connectivity index (χ0n) is 8.40. The number of ether oxygens (including phenoxy) is 1. The summed E-state index contributed by atoms with van der Waals surface area (Å²) in [4.78, 5) is 0. The normalized spacial score (nSPS) is 14.9. The first kappa shape index (κ1) is 10.8. The van der Waals surface area contributed by atoms with Crippen molar-refractivity contribution < 1.29 is 9.84 Å². The van der Waals surface area contributed by atoms with Gasteiger partial charge < -0.3 is 21.3 Å². The molecule has 1 aromatic carbocycles. The molecule has 0 aliphatic rings. The Morgan fingerprint density at radius 2 is 2.07 bits per heavy atom. The van der Waals surface area contributed by atoms with Gasteiger partial charge in [0.25, 0.3) is 0 Å². The maximum absolute atomic E-state index is 9.36. The van der Waals surface area contributed by atoms with Gasteiger partial charge in [0.15, 0.2) is 0 Å². The Labute approximate surface area is 83.5 Å². The summed E-state index contributed by atoms with van der Waals surface area (Å²) in [5.41, 5.74) is 12.8. The van der Waals surface area contributed by atoms with E-state index in [-0.39, 0.29) is 0 Å². The van der Waals surface area contributed by atoms with Gasteiger partial charge in [0.05, 0.1) is 19.3 Å². The molecule has 0 fully saturated rings. The van der Waals surface area contributed by atoms with Gasteiger partial charge in [-0.1, -0.05) is 0 Å². The monoisotopic (exact) mass is 196 g/mol. The van der Waals surface area contributed by atoms with Crippen LogP contribution in [-0.2, 0) is 0 Å². The van der Waals surface area contributed by atoms with E-state index in [1.807, 2.05) is 0 Å². The molecule has 0 aliphatic carbocycles. The van der Waals surface area contributed by atoms with Crippen LogP contribution in [0.3, 0.4) is 0 Å². The minimum absolute atomic E-state index is 0.478. The summed E-state index contributed by atoms with van der Waals surface area (Å²) in [6.07, 6.45) is -0.634. The van der Waals surface area contributed by atoms with E-state index >= 15 is 0 Å². The maximum Gasteiger partial charge on any atom is 0.123 e. The molecule has 2 atom stereocenters. The molecular weight excluding hydrogens is 180 g/mol. The second-order valence-corrected chi connectivity index (χ2v) is 3.27. The fourth-order valence-corrected chi connectivity index (χ4v) is 1.27. The molecule has 78 valence electrons. The number of benzene rings is 1. The smallest absolute Gasteiger partial charge is 0.123 e. The third-order valence-electron chi connectivity index (χ3n) is 2.13. The van der Waals surface area contributed by atoms with Crippen molar-refractivity contribution in [2.45, 2.75) is 19.1 Å². The van der Waals surface area contributed by atoms with E-state index in [1.54, 1.807) is 32.2 Å². The molecule has 0 aliphatic heterocycles. The molecule has 0 aromatic heterocycles. The van der Waals surface area contributed by atoms with Crippen LogP contribution in [0.25, 0.3) is 0 Å². The van der Waals surface area contributed by atoms with Crippen LogP contribution in [-0.4, -0.2) is 18.3 Å². The van der Waals surface area contributed by atoms with Crippen molar-refractivity contribution in [3.63, 3.8) is 0 Å². The predicted molar refractivity (Wildman–Crippen MR) is 56.0 cm³/mol. The van der Waals surface area contributed by atoms with Crippen molar-refractivity contribution in [3.05, 3.63) is 23.8 Å². The van der Waals surface area contributed by atoms with Crippen LogP contribution in [0.4, 0.5) is 5.69 Å². The highest BCUT2D eigenvalue weighted by molar-refractivity contribution is 5.49. The van der Waals surface area contributed by atoms with E-state index in [9.17, 15) is 5.11 Å². The number of methoxy groups -OCH3 is 1. The Morgan fingerprint density at radius 1 is 1.43 bits per heavy atom. The van der Waals surface area contributed by atoms with Crippen LogP contribution in [0, 0.1) is 0 Å². The van der Waals surface area contributed by atoms with Crippen molar-refractivity contribution in [1.82, 2.24) is 0 Å². The highest BCUT2D eigenvalue weighted by Gasteiger charge is 2.16. The van der Waals surface area contributed by atoms with E-state index in [0.29, 0.717) is 11.4 Å². The van der Waals surface area contributed by atoms with Gasteiger partial charge >= 0.3 is 0 Å². The summed E-state index contributed by atoms with van der Waals surface area (Å²) in [7, 11) is 1.56. The van der Waals surface area contributed by atoms with Crippen LogP contribution < -0.4 is 16.2 Å². The first-order valence-corrected chi connectivity index (χ1v) is 4.43. The Bertz CT molecular complexity index is 313. The second-order valence-electron chi connectivity index (χ2n) is 3.27. The van der Waals surface area contributed by atoms with Gasteiger partial charge in [-0.25, -0.2) is 0 Å². The van der Waals surface area contributed by atoms with Gasteiger partial charge in [-0.15, -0.1) is 0 Å². The Morgan fingerprint density at radius 3 is 2.57 bits per heavy atom. The minimum Gasteiger partial charge on any atom is -0.496 e. The van der Waals surface area contributed by atoms with Crippen molar-refractivity contribution >= 4 is 5.69 Å². The van der Waals surface area contributed by atoms with Gasteiger partial charge in [-0.2, -0.15) is 0 Å².